The molecule has 0 aliphatic heterocycles. The lowest BCUT2D eigenvalue weighted by atomic mass is 10.1. The number of benzene rings is 2. The summed E-state index contributed by atoms with van der Waals surface area (Å²) in [4.78, 5) is 12.6. The summed E-state index contributed by atoms with van der Waals surface area (Å²) in [7, 11) is -2.08. The van der Waals surface area contributed by atoms with Crippen molar-refractivity contribution in [1.82, 2.24) is 0 Å². The Kier molecular flexibility index (Phi) is 4.71. The van der Waals surface area contributed by atoms with Crippen LogP contribution in [-0.4, -0.2) is 21.4 Å². The number of primary sulfonamides is 1. The molecule has 0 bridgehead atoms. The minimum absolute atomic E-state index is 0.185. The van der Waals surface area contributed by atoms with Gasteiger partial charge >= 0.3 is 0 Å². The Labute approximate surface area is 150 Å². The maximum atomic E-state index is 12.6. The standard InChI is InChI=1S/C18H18N2O5S/c1-11-15-9-14(24-2)6-7-16(15)25-17(11)18(21)20-13-5-3-4-12(8-13)10-26(19,22)23/h3-9H,10H2,1-2H3,(H,20,21)(H2,19,22,23). The molecule has 136 valence electrons. The van der Waals surface area contributed by atoms with Gasteiger partial charge in [0.05, 0.1) is 12.9 Å². The number of hydrogen-bond donors (Lipinski definition) is 2. The molecule has 3 aromatic rings. The molecule has 0 saturated carbocycles. The van der Waals surface area contributed by atoms with E-state index in [2.05, 4.69) is 5.32 Å². The largest absolute Gasteiger partial charge is 0.497 e. The first-order valence-corrected chi connectivity index (χ1v) is 9.46. The normalized spacial score (nSPS) is 11.5. The van der Waals surface area contributed by atoms with Crippen LogP contribution in [0.4, 0.5) is 5.69 Å². The van der Waals surface area contributed by atoms with Crippen LogP contribution in [0.5, 0.6) is 5.75 Å². The molecule has 8 heteroatoms. The fourth-order valence-corrected chi connectivity index (χ4v) is 3.35. The summed E-state index contributed by atoms with van der Waals surface area (Å²) < 4.78 is 33.3. The number of carbonyl (C=O) groups is 1. The summed E-state index contributed by atoms with van der Waals surface area (Å²) in [6, 6.07) is 11.8. The lowest BCUT2D eigenvalue weighted by Crippen LogP contribution is -2.15. The Morgan fingerprint density at radius 1 is 1.23 bits per heavy atom. The van der Waals surface area contributed by atoms with Crippen molar-refractivity contribution in [2.75, 3.05) is 12.4 Å². The first kappa shape index (κ1) is 18.0. The van der Waals surface area contributed by atoms with E-state index in [1.54, 1.807) is 56.5 Å². The van der Waals surface area contributed by atoms with Crippen molar-refractivity contribution in [2.24, 2.45) is 5.14 Å². The highest BCUT2D eigenvalue weighted by Crippen LogP contribution is 2.29. The Bertz CT molecular complexity index is 1090. The molecule has 1 aromatic heterocycles. The van der Waals surface area contributed by atoms with Crippen molar-refractivity contribution in [1.29, 1.82) is 0 Å². The lowest BCUT2D eigenvalue weighted by Gasteiger charge is -2.06. The number of hydrogen-bond acceptors (Lipinski definition) is 5. The number of sulfonamides is 1. The molecule has 0 unspecified atom stereocenters. The Balaban J connectivity index is 1.88. The minimum atomic E-state index is -3.65. The number of furan rings is 1. The van der Waals surface area contributed by atoms with Crippen LogP contribution in [0.1, 0.15) is 21.7 Å². The van der Waals surface area contributed by atoms with E-state index in [1.165, 1.54) is 0 Å². The second kappa shape index (κ2) is 6.81. The molecular formula is C18H18N2O5S. The molecule has 7 nitrogen and oxygen atoms in total. The molecule has 1 heterocycles. The Morgan fingerprint density at radius 3 is 2.69 bits per heavy atom. The summed E-state index contributed by atoms with van der Waals surface area (Å²) in [5, 5.41) is 8.56. The molecule has 3 rings (SSSR count). The third-order valence-corrected chi connectivity index (χ3v) is 4.64. The van der Waals surface area contributed by atoms with Crippen molar-refractivity contribution >= 4 is 32.6 Å². The van der Waals surface area contributed by atoms with Gasteiger partial charge in [-0.1, -0.05) is 12.1 Å². The van der Waals surface area contributed by atoms with Gasteiger partial charge in [-0.05, 0) is 42.8 Å². The Morgan fingerprint density at radius 2 is 2.00 bits per heavy atom. The predicted octanol–water partition coefficient (Wildman–Crippen LogP) is 2.79. The molecule has 0 fully saturated rings. The van der Waals surface area contributed by atoms with E-state index < -0.39 is 15.9 Å². The molecule has 2 aromatic carbocycles. The van der Waals surface area contributed by atoms with Crippen LogP contribution in [0.15, 0.2) is 46.9 Å². The average Bonchev–Trinajstić information content (AvgIpc) is 2.90. The first-order chi connectivity index (χ1) is 12.3. The zero-order valence-corrected chi connectivity index (χ0v) is 15.1. The van der Waals surface area contributed by atoms with E-state index >= 15 is 0 Å². The van der Waals surface area contributed by atoms with Crippen LogP contribution in [0.25, 0.3) is 11.0 Å². The average molecular weight is 374 g/mol. The van der Waals surface area contributed by atoms with E-state index in [4.69, 9.17) is 14.3 Å². The van der Waals surface area contributed by atoms with Gasteiger partial charge in [-0.2, -0.15) is 0 Å². The van der Waals surface area contributed by atoms with Gasteiger partial charge < -0.3 is 14.5 Å². The molecule has 26 heavy (non-hydrogen) atoms. The maximum Gasteiger partial charge on any atom is 0.291 e. The number of nitrogens with two attached hydrogens (primary N) is 1. The number of rotatable bonds is 5. The number of fused-ring (bicyclic) bond motifs is 1. The zero-order valence-electron chi connectivity index (χ0n) is 14.3. The third-order valence-electron chi connectivity index (χ3n) is 3.90. The number of methoxy groups -OCH3 is 1. The Hall–Kier alpha value is -2.84. The monoisotopic (exact) mass is 374 g/mol. The highest BCUT2D eigenvalue weighted by Gasteiger charge is 2.18. The topological polar surface area (TPSA) is 112 Å². The highest BCUT2D eigenvalue weighted by atomic mass is 32.2. The second-order valence-electron chi connectivity index (χ2n) is 5.88. The fourth-order valence-electron chi connectivity index (χ4n) is 2.70. The van der Waals surface area contributed by atoms with Crippen molar-refractivity contribution in [3.63, 3.8) is 0 Å². The summed E-state index contributed by atoms with van der Waals surface area (Å²) >= 11 is 0. The molecule has 3 N–H and O–H groups in total. The number of nitrogens with one attached hydrogen (secondary N) is 1. The van der Waals surface area contributed by atoms with Crippen molar-refractivity contribution < 1.29 is 22.4 Å². The van der Waals surface area contributed by atoms with Gasteiger partial charge in [0, 0.05) is 16.6 Å². The van der Waals surface area contributed by atoms with Crippen LogP contribution < -0.4 is 15.2 Å². The number of amides is 1. The van der Waals surface area contributed by atoms with Crippen LogP contribution in [0.2, 0.25) is 0 Å². The van der Waals surface area contributed by atoms with Crippen LogP contribution in [-0.2, 0) is 15.8 Å². The molecular weight excluding hydrogens is 356 g/mol. The number of carbonyl (C=O) groups excluding carboxylic acids is 1. The SMILES string of the molecule is COc1ccc2oc(C(=O)Nc3cccc(CS(N)(=O)=O)c3)c(C)c2c1. The molecule has 0 radical (unpaired) electrons. The van der Waals surface area contributed by atoms with Crippen molar-refractivity contribution in [3.8, 4) is 5.75 Å². The van der Waals surface area contributed by atoms with Crippen LogP contribution in [0.3, 0.4) is 0 Å². The van der Waals surface area contributed by atoms with Gasteiger partial charge in [0.15, 0.2) is 5.76 Å². The zero-order chi connectivity index (χ0) is 18.9. The van der Waals surface area contributed by atoms with Gasteiger partial charge in [-0.25, -0.2) is 13.6 Å². The van der Waals surface area contributed by atoms with Crippen molar-refractivity contribution in [3.05, 3.63) is 59.4 Å². The number of aryl methyl sites for hydroxylation is 1. The first-order valence-electron chi connectivity index (χ1n) is 7.75. The second-order valence-corrected chi connectivity index (χ2v) is 7.49. The number of ether oxygens (including phenoxy) is 1. The summed E-state index contributed by atoms with van der Waals surface area (Å²) in [6.45, 7) is 1.79. The maximum absolute atomic E-state index is 12.6. The summed E-state index contributed by atoms with van der Waals surface area (Å²) in [5.74, 6) is 0.125. The lowest BCUT2D eigenvalue weighted by molar-refractivity contribution is 0.0998. The van der Waals surface area contributed by atoms with Crippen molar-refractivity contribution in [2.45, 2.75) is 12.7 Å². The van der Waals surface area contributed by atoms with E-state index in [0.29, 0.717) is 28.1 Å². The summed E-state index contributed by atoms with van der Waals surface area (Å²) in [6.07, 6.45) is 0. The molecule has 0 aliphatic carbocycles. The van der Waals surface area contributed by atoms with E-state index in [-0.39, 0.29) is 11.5 Å². The quantitative estimate of drug-likeness (QED) is 0.713. The van der Waals surface area contributed by atoms with Crippen LogP contribution >= 0.6 is 0 Å². The van der Waals surface area contributed by atoms with Crippen LogP contribution in [0, 0.1) is 6.92 Å². The van der Waals surface area contributed by atoms with Gasteiger partial charge in [0.25, 0.3) is 5.91 Å². The van der Waals surface area contributed by atoms with E-state index in [0.717, 1.165) is 5.39 Å². The van der Waals surface area contributed by atoms with Gasteiger partial charge in [0.1, 0.15) is 11.3 Å². The van der Waals surface area contributed by atoms with Gasteiger partial charge in [0.2, 0.25) is 10.0 Å². The number of anilines is 1. The fraction of sp³-hybridized carbons (Fsp3) is 0.167. The van der Waals surface area contributed by atoms with Gasteiger partial charge in [-0.15, -0.1) is 0 Å². The van der Waals surface area contributed by atoms with E-state index in [1.807, 2.05) is 0 Å². The smallest absolute Gasteiger partial charge is 0.291 e. The molecule has 0 spiro atoms. The molecule has 0 aliphatic rings. The predicted molar refractivity (Wildman–Crippen MR) is 98.7 cm³/mol. The molecule has 0 atom stereocenters. The third kappa shape index (κ3) is 3.87. The molecule has 0 saturated heterocycles. The molecule has 1 amide bonds. The summed E-state index contributed by atoms with van der Waals surface area (Å²) in [5.41, 5.74) is 2.21. The van der Waals surface area contributed by atoms with E-state index in [9.17, 15) is 13.2 Å². The minimum Gasteiger partial charge on any atom is -0.497 e. The van der Waals surface area contributed by atoms with Gasteiger partial charge in [-0.3, -0.25) is 4.79 Å². The highest BCUT2D eigenvalue weighted by molar-refractivity contribution is 7.88.